The van der Waals surface area contributed by atoms with Crippen molar-refractivity contribution in [1.82, 2.24) is 0 Å². The van der Waals surface area contributed by atoms with Gasteiger partial charge in [-0.25, -0.2) is 4.39 Å². The van der Waals surface area contributed by atoms with Crippen LogP contribution in [0.15, 0.2) is 28.7 Å². The maximum absolute atomic E-state index is 13.4. The smallest absolute Gasteiger partial charge is 0.169 e. The summed E-state index contributed by atoms with van der Waals surface area (Å²) >= 11 is 0. The summed E-state index contributed by atoms with van der Waals surface area (Å²) < 4.78 is 23.8. The summed E-state index contributed by atoms with van der Waals surface area (Å²) in [6, 6.07) is 6.44. The van der Waals surface area contributed by atoms with Gasteiger partial charge in [0.2, 0.25) is 0 Å². The van der Waals surface area contributed by atoms with E-state index in [9.17, 15) is 4.39 Å². The van der Waals surface area contributed by atoms with E-state index in [1.165, 1.54) is 6.07 Å². The second kappa shape index (κ2) is 5.29. The van der Waals surface area contributed by atoms with E-state index in [0.29, 0.717) is 12.4 Å². The molecule has 1 heterocycles. The zero-order chi connectivity index (χ0) is 12.3. The summed E-state index contributed by atoms with van der Waals surface area (Å²) in [6.07, 6.45) is 1.62. The highest BCUT2D eigenvalue weighted by Crippen LogP contribution is 2.26. The molecule has 0 aliphatic heterocycles. The van der Waals surface area contributed by atoms with Gasteiger partial charge in [0.15, 0.2) is 11.4 Å². The third-order valence-electron chi connectivity index (χ3n) is 2.74. The molecular formula is C13H16FNO2. The van der Waals surface area contributed by atoms with Crippen molar-refractivity contribution >= 4 is 11.0 Å². The van der Waals surface area contributed by atoms with E-state index >= 15 is 0 Å². The van der Waals surface area contributed by atoms with E-state index in [1.54, 1.807) is 19.2 Å². The molecule has 0 bridgehead atoms. The Bertz CT molecular complexity index is 495. The zero-order valence-corrected chi connectivity index (χ0v) is 9.78. The standard InChI is InChI=1S/C13H16FNO2/c1-16-7-3-6-11(15)12-8-9-4-2-5-10(14)13(9)17-12/h2,4-5,8,11H,3,6-7,15H2,1H3. The first kappa shape index (κ1) is 12.1. The van der Waals surface area contributed by atoms with Crippen LogP contribution in [0.5, 0.6) is 0 Å². The summed E-state index contributed by atoms with van der Waals surface area (Å²) in [6.45, 7) is 0.669. The van der Waals surface area contributed by atoms with Crippen molar-refractivity contribution in [3.8, 4) is 0 Å². The van der Waals surface area contributed by atoms with Gasteiger partial charge < -0.3 is 14.9 Å². The molecule has 1 unspecified atom stereocenters. The molecule has 0 saturated heterocycles. The van der Waals surface area contributed by atoms with Crippen molar-refractivity contribution in [2.45, 2.75) is 18.9 Å². The lowest BCUT2D eigenvalue weighted by molar-refractivity contribution is 0.189. The Balaban J connectivity index is 2.16. The van der Waals surface area contributed by atoms with Crippen LogP contribution < -0.4 is 5.73 Å². The number of hydrogen-bond acceptors (Lipinski definition) is 3. The Morgan fingerprint density at radius 3 is 3.00 bits per heavy atom. The molecule has 1 atom stereocenters. The van der Waals surface area contributed by atoms with Gasteiger partial charge >= 0.3 is 0 Å². The molecule has 3 nitrogen and oxygen atoms in total. The van der Waals surface area contributed by atoms with Gasteiger partial charge in [-0.15, -0.1) is 0 Å². The summed E-state index contributed by atoms with van der Waals surface area (Å²) in [7, 11) is 1.65. The monoisotopic (exact) mass is 237 g/mol. The number of halogens is 1. The lowest BCUT2D eigenvalue weighted by Gasteiger charge is -2.07. The van der Waals surface area contributed by atoms with Crippen LogP contribution >= 0.6 is 0 Å². The number of nitrogens with two attached hydrogens (primary N) is 1. The Hall–Kier alpha value is -1.39. The van der Waals surface area contributed by atoms with Crippen molar-refractivity contribution < 1.29 is 13.5 Å². The van der Waals surface area contributed by atoms with Gasteiger partial charge in [0.25, 0.3) is 0 Å². The summed E-state index contributed by atoms with van der Waals surface area (Å²) in [4.78, 5) is 0. The lowest BCUT2D eigenvalue weighted by Crippen LogP contribution is -2.10. The van der Waals surface area contributed by atoms with E-state index in [4.69, 9.17) is 14.9 Å². The van der Waals surface area contributed by atoms with Gasteiger partial charge in [0.1, 0.15) is 5.76 Å². The fraction of sp³-hybridized carbons (Fsp3) is 0.385. The molecule has 2 N–H and O–H groups in total. The average Bonchev–Trinajstić information content (AvgIpc) is 2.75. The van der Waals surface area contributed by atoms with Gasteiger partial charge in [0, 0.05) is 19.1 Å². The predicted octanol–water partition coefficient (Wildman–Crippen LogP) is 3.00. The highest BCUT2D eigenvalue weighted by atomic mass is 19.1. The van der Waals surface area contributed by atoms with Gasteiger partial charge in [-0.05, 0) is 25.0 Å². The Morgan fingerprint density at radius 1 is 1.47 bits per heavy atom. The number of hydrogen-bond donors (Lipinski definition) is 1. The molecule has 0 fully saturated rings. The fourth-order valence-corrected chi connectivity index (χ4v) is 1.82. The summed E-state index contributed by atoms with van der Waals surface area (Å²) in [5.41, 5.74) is 6.26. The van der Waals surface area contributed by atoms with Crippen molar-refractivity contribution in [2.24, 2.45) is 5.73 Å². The third kappa shape index (κ3) is 2.65. The third-order valence-corrected chi connectivity index (χ3v) is 2.74. The van der Waals surface area contributed by atoms with Crippen molar-refractivity contribution in [2.75, 3.05) is 13.7 Å². The Morgan fingerprint density at radius 2 is 2.29 bits per heavy atom. The molecule has 2 aromatic rings. The minimum Gasteiger partial charge on any atom is -0.456 e. The second-order valence-corrected chi connectivity index (χ2v) is 4.05. The molecule has 0 radical (unpaired) electrons. The largest absolute Gasteiger partial charge is 0.456 e. The molecule has 0 aliphatic carbocycles. The molecule has 0 saturated carbocycles. The first-order valence-corrected chi connectivity index (χ1v) is 5.65. The maximum Gasteiger partial charge on any atom is 0.169 e. The molecule has 0 amide bonds. The number of rotatable bonds is 5. The SMILES string of the molecule is COCCCC(N)c1cc2cccc(F)c2o1. The van der Waals surface area contributed by atoms with E-state index < -0.39 is 0 Å². The molecule has 92 valence electrons. The van der Waals surface area contributed by atoms with Crippen LogP contribution in [-0.2, 0) is 4.74 Å². The number of benzene rings is 1. The highest BCUT2D eigenvalue weighted by Gasteiger charge is 2.13. The van der Waals surface area contributed by atoms with Gasteiger partial charge in [-0.3, -0.25) is 0 Å². The van der Waals surface area contributed by atoms with Crippen LogP contribution in [0.4, 0.5) is 4.39 Å². The van der Waals surface area contributed by atoms with Gasteiger partial charge in [-0.2, -0.15) is 0 Å². The van der Waals surface area contributed by atoms with Crippen LogP contribution in [0.1, 0.15) is 24.6 Å². The minimum absolute atomic E-state index is 0.211. The normalized spacial score (nSPS) is 13.1. The Kier molecular flexibility index (Phi) is 3.76. The topological polar surface area (TPSA) is 48.4 Å². The molecule has 0 aliphatic rings. The second-order valence-electron chi connectivity index (χ2n) is 4.05. The number of furan rings is 1. The van der Waals surface area contributed by atoms with Crippen molar-refractivity contribution in [3.63, 3.8) is 0 Å². The van der Waals surface area contributed by atoms with Crippen LogP contribution in [-0.4, -0.2) is 13.7 Å². The van der Waals surface area contributed by atoms with E-state index in [0.717, 1.165) is 18.2 Å². The molecule has 4 heteroatoms. The quantitative estimate of drug-likeness (QED) is 0.813. The average molecular weight is 237 g/mol. The molecule has 1 aromatic heterocycles. The van der Waals surface area contributed by atoms with Crippen LogP contribution in [0.3, 0.4) is 0 Å². The van der Waals surface area contributed by atoms with Crippen molar-refractivity contribution in [1.29, 1.82) is 0 Å². The summed E-state index contributed by atoms with van der Waals surface area (Å²) in [5.74, 6) is 0.277. The zero-order valence-electron chi connectivity index (χ0n) is 9.78. The van der Waals surface area contributed by atoms with Crippen LogP contribution in [0, 0.1) is 5.82 Å². The Labute approximate surface area is 99.4 Å². The van der Waals surface area contributed by atoms with E-state index in [2.05, 4.69) is 0 Å². The first-order valence-electron chi connectivity index (χ1n) is 5.65. The fourth-order valence-electron chi connectivity index (χ4n) is 1.82. The van der Waals surface area contributed by atoms with Gasteiger partial charge in [-0.1, -0.05) is 12.1 Å². The lowest BCUT2D eigenvalue weighted by atomic mass is 10.1. The van der Waals surface area contributed by atoms with E-state index in [1.807, 2.05) is 6.07 Å². The van der Waals surface area contributed by atoms with Gasteiger partial charge in [0.05, 0.1) is 6.04 Å². The number of para-hydroxylation sites is 1. The van der Waals surface area contributed by atoms with Crippen LogP contribution in [0.25, 0.3) is 11.0 Å². The highest BCUT2D eigenvalue weighted by molar-refractivity contribution is 5.78. The molecular weight excluding hydrogens is 221 g/mol. The summed E-state index contributed by atoms with van der Waals surface area (Å²) in [5, 5.41) is 0.752. The molecule has 1 aromatic carbocycles. The number of fused-ring (bicyclic) bond motifs is 1. The molecule has 0 spiro atoms. The number of methoxy groups -OCH3 is 1. The molecule has 17 heavy (non-hydrogen) atoms. The number of ether oxygens (including phenoxy) is 1. The first-order chi connectivity index (χ1) is 8.22. The minimum atomic E-state index is -0.349. The van der Waals surface area contributed by atoms with E-state index in [-0.39, 0.29) is 17.4 Å². The predicted molar refractivity (Wildman–Crippen MR) is 64.2 cm³/mol. The van der Waals surface area contributed by atoms with Crippen molar-refractivity contribution in [3.05, 3.63) is 35.8 Å². The maximum atomic E-state index is 13.4. The molecule has 2 rings (SSSR count). The van der Waals surface area contributed by atoms with Crippen LogP contribution in [0.2, 0.25) is 0 Å².